The van der Waals surface area contributed by atoms with Crippen LogP contribution in [0.3, 0.4) is 0 Å². The van der Waals surface area contributed by atoms with Crippen molar-refractivity contribution >= 4 is 0 Å². The van der Waals surface area contributed by atoms with Crippen molar-refractivity contribution in [3.63, 3.8) is 0 Å². The Labute approximate surface area is 88.2 Å². The lowest BCUT2D eigenvalue weighted by atomic mass is 9.66. The predicted octanol–water partition coefficient (Wildman–Crippen LogP) is 2.57. The average molecular weight is 199 g/mol. The molecule has 1 aliphatic carbocycles. The molecule has 1 aliphatic rings. The topological polar surface area (TPSA) is 35.2 Å². The number of nitrogens with two attached hydrogens (primary N) is 1. The molecule has 2 atom stereocenters. The van der Waals surface area contributed by atoms with Crippen molar-refractivity contribution in [2.45, 2.75) is 52.5 Å². The summed E-state index contributed by atoms with van der Waals surface area (Å²) in [6.07, 6.45) is 5.30. The van der Waals surface area contributed by atoms with E-state index in [1.54, 1.807) is 0 Å². The Morgan fingerprint density at radius 1 is 1.43 bits per heavy atom. The molecule has 2 nitrogen and oxygen atoms in total. The van der Waals surface area contributed by atoms with Gasteiger partial charge in [0.05, 0.1) is 6.61 Å². The van der Waals surface area contributed by atoms with E-state index in [1.165, 1.54) is 25.7 Å². The maximum Gasteiger partial charge on any atom is 0.0620 e. The summed E-state index contributed by atoms with van der Waals surface area (Å²) in [6.45, 7) is 8.23. The lowest BCUT2D eigenvalue weighted by molar-refractivity contribution is 0.0548. The van der Waals surface area contributed by atoms with E-state index >= 15 is 0 Å². The third-order valence-electron chi connectivity index (χ3n) is 3.62. The molecular weight excluding hydrogens is 174 g/mol. The molecule has 84 valence electrons. The first kappa shape index (κ1) is 12.0. The van der Waals surface area contributed by atoms with Crippen LogP contribution in [-0.4, -0.2) is 19.3 Å². The normalized spacial score (nSPS) is 28.7. The van der Waals surface area contributed by atoms with E-state index in [2.05, 4.69) is 13.8 Å². The Morgan fingerprint density at radius 2 is 2.14 bits per heavy atom. The van der Waals surface area contributed by atoms with Crippen LogP contribution in [0.1, 0.15) is 46.5 Å². The van der Waals surface area contributed by atoms with Gasteiger partial charge in [0.2, 0.25) is 0 Å². The van der Waals surface area contributed by atoms with Gasteiger partial charge in [-0.3, -0.25) is 0 Å². The molecule has 2 unspecified atom stereocenters. The van der Waals surface area contributed by atoms with Crippen LogP contribution in [0, 0.1) is 11.3 Å². The fraction of sp³-hybridized carbons (Fsp3) is 1.00. The quantitative estimate of drug-likeness (QED) is 0.755. The van der Waals surface area contributed by atoms with E-state index in [0.29, 0.717) is 11.3 Å². The molecule has 0 radical (unpaired) electrons. The zero-order valence-corrected chi connectivity index (χ0v) is 9.88. The number of hydrogen-bond donors (Lipinski definition) is 1. The van der Waals surface area contributed by atoms with Crippen molar-refractivity contribution in [2.75, 3.05) is 13.2 Å². The summed E-state index contributed by atoms with van der Waals surface area (Å²) in [6, 6.07) is 0.227. The molecule has 0 bridgehead atoms. The fourth-order valence-electron chi connectivity index (χ4n) is 2.68. The van der Waals surface area contributed by atoms with E-state index < -0.39 is 0 Å². The molecule has 14 heavy (non-hydrogen) atoms. The van der Waals surface area contributed by atoms with E-state index in [-0.39, 0.29) is 6.04 Å². The van der Waals surface area contributed by atoms with Crippen molar-refractivity contribution in [3.05, 3.63) is 0 Å². The lowest BCUT2D eigenvalue weighted by Gasteiger charge is -2.41. The third-order valence-corrected chi connectivity index (χ3v) is 3.62. The lowest BCUT2D eigenvalue weighted by Crippen LogP contribution is -2.44. The number of rotatable bonds is 4. The van der Waals surface area contributed by atoms with Crippen LogP contribution >= 0.6 is 0 Å². The molecule has 1 fully saturated rings. The second-order valence-electron chi connectivity index (χ2n) is 5.16. The first-order valence-corrected chi connectivity index (χ1v) is 5.91. The fourth-order valence-corrected chi connectivity index (χ4v) is 2.68. The molecule has 1 saturated carbocycles. The number of hydrogen-bond acceptors (Lipinski definition) is 2. The van der Waals surface area contributed by atoms with Crippen LogP contribution in [0.15, 0.2) is 0 Å². The van der Waals surface area contributed by atoms with Gasteiger partial charge in [-0.15, -0.1) is 0 Å². The minimum absolute atomic E-state index is 0.227. The van der Waals surface area contributed by atoms with E-state index in [1.807, 2.05) is 6.92 Å². The van der Waals surface area contributed by atoms with Crippen molar-refractivity contribution in [3.8, 4) is 0 Å². The Morgan fingerprint density at radius 3 is 2.71 bits per heavy atom. The van der Waals surface area contributed by atoms with Gasteiger partial charge in [-0.1, -0.05) is 26.7 Å². The Kier molecular flexibility index (Phi) is 4.39. The van der Waals surface area contributed by atoms with Gasteiger partial charge in [0.15, 0.2) is 0 Å². The van der Waals surface area contributed by atoms with Crippen LogP contribution in [-0.2, 0) is 4.74 Å². The molecule has 0 aromatic heterocycles. The van der Waals surface area contributed by atoms with Gasteiger partial charge >= 0.3 is 0 Å². The zero-order valence-electron chi connectivity index (χ0n) is 9.88. The average Bonchev–Trinajstić information content (AvgIpc) is 2.13. The van der Waals surface area contributed by atoms with Crippen molar-refractivity contribution < 1.29 is 4.74 Å². The Balaban J connectivity index is 2.46. The van der Waals surface area contributed by atoms with Crippen molar-refractivity contribution in [2.24, 2.45) is 17.1 Å². The summed E-state index contributed by atoms with van der Waals surface area (Å²) >= 11 is 0. The molecule has 1 rings (SSSR count). The molecule has 2 heteroatoms. The molecule has 0 aliphatic heterocycles. The molecule has 0 aromatic rings. The highest BCUT2D eigenvalue weighted by Crippen LogP contribution is 2.41. The second-order valence-corrected chi connectivity index (χ2v) is 5.16. The first-order valence-electron chi connectivity index (χ1n) is 5.91. The summed E-state index contributed by atoms with van der Waals surface area (Å²) in [7, 11) is 0. The first-order chi connectivity index (χ1) is 6.58. The van der Waals surface area contributed by atoms with Crippen molar-refractivity contribution in [1.82, 2.24) is 0 Å². The van der Waals surface area contributed by atoms with Gasteiger partial charge in [-0.2, -0.15) is 0 Å². The SMILES string of the molecule is CCOCC(N)C1CCCCC1(C)C. The summed E-state index contributed by atoms with van der Waals surface area (Å²) in [5.74, 6) is 0.641. The zero-order chi connectivity index (χ0) is 10.6. The maximum absolute atomic E-state index is 6.19. The van der Waals surface area contributed by atoms with Gasteiger partial charge in [-0.05, 0) is 31.1 Å². The largest absolute Gasteiger partial charge is 0.380 e. The highest BCUT2D eigenvalue weighted by Gasteiger charge is 2.35. The van der Waals surface area contributed by atoms with Crippen LogP contribution < -0.4 is 5.73 Å². The van der Waals surface area contributed by atoms with E-state index in [4.69, 9.17) is 10.5 Å². The third kappa shape index (κ3) is 2.96. The van der Waals surface area contributed by atoms with Crippen molar-refractivity contribution in [1.29, 1.82) is 0 Å². The minimum Gasteiger partial charge on any atom is -0.380 e. The van der Waals surface area contributed by atoms with Gasteiger partial charge in [0.1, 0.15) is 0 Å². The Bertz CT molecular complexity index is 168. The molecule has 0 saturated heterocycles. The molecule has 2 N–H and O–H groups in total. The van der Waals surface area contributed by atoms with Gasteiger partial charge in [-0.25, -0.2) is 0 Å². The summed E-state index contributed by atoms with van der Waals surface area (Å²) in [4.78, 5) is 0. The summed E-state index contributed by atoms with van der Waals surface area (Å²) in [5.41, 5.74) is 6.60. The van der Waals surface area contributed by atoms with Gasteiger partial charge in [0, 0.05) is 12.6 Å². The monoisotopic (exact) mass is 199 g/mol. The predicted molar refractivity (Wildman–Crippen MR) is 60.2 cm³/mol. The van der Waals surface area contributed by atoms with Crippen LogP contribution in [0.5, 0.6) is 0 Å². The molecule has 0 spiro atoms. The van der Waals surface area contributed by atoms with Crippen LogP contribution in [0.4, 0.5) is 0 Å². The number of ether oxygens (including phenoxy) is 1. The summed E-state index contributed by atoms with van der Waals surface area (Å²) < 4.78 is 5.42. The molecular formula is C12H25NO. The minimum atomic E-state index is 0.227. The second kappa shape index (κ2) is 5.13. The highest BCUT2D eigenvalue weighted by molar-refractivity contribution is 4.88. The molecule has 0 heterocycles. The van der Waals surface area contributed by atoms with Crippen LogP contribution in [0.2, 0.25) is 0 Å². The smallest absolute Gasteiger partial charge is 0.0620 e. The van der Waals surface area contributed by atoms with Gasteiger partial charge in [0.25, 0.3) is 0 Å². The Hall–Kier alpha value is -0.0800. The van der Waals surface area contributed by atoms with Gasteiger partial charge < -0.3 is 10.5 Å². The van der Waals surface area contributed by atoms with E-state index in [0.717, 1.165) is 13.2 Å². The highest BCUT2D eigenvalue weighted by atomic mass is 16.5. The van der Waals surface area contributed by atoms with Crippen LogP contribution in [0.25, 0.3) is 0 Å². The summed E-state index contributed by atoms with van der Waals surface area (Å²) in [5, 5.41) is 0. The van der Waals surface area contributed by atoms with E-state index in [9.17, 15) is 0 Å². The molecule has 0 aromatic carbocycles. The maximum atomic E-state index is 6.19. The standard InChI is InChI=1S/C12H25NO/c1-4-14-9-11(13)10-7-5-6-8-12(10,2)3/h10-11H,4-9,13H2,1-3H3. The molecule has 0 amide bonds.